The third-order valence-electron chi connectivity index (χ3n) is 3.69. The molecule has 0 aliphatic carbocycles. The molecule has 0 bridgehead atoms. The smallest absolute Gasteiger partial charge is 0.131 e. The molecular formula is C17H28FNO. The van der Waals surface area contributed by atoms with Gasteiger partial charge in [0, 0.05) is 17.6 Å². The quantitative estimate of drug-likeness (QED) is 0.699. The van der Waals surface area contributed by atoms with Gasteiger partial charge in [0.1, 0.15) is 11.6 Å². The van der Waals surface area contributed by atoms with Gasteiger partial charge in [0.2, 0.25) is 0 Å². The average Bonchev–Trinajstić information content (AvgIpc) is 2.44. The van der Waals surface area contributed by atoms with Crippen LogP contribution in [-0.4, -0.2) is 13.2 Å². The van der Waals surface area contributed by atoms with Crippen LogP contribution in [0, 0.1) is 5.82 Å². The average molecular weight is 281 g/mol. The van der Waals surface area contributed by atoms with E-state index < -0.39 is 0 Å². The standard InChI is InChI=1S/C17H28FNO/c1-5-7-10-14(9-6-2)19-13(3)17-15(18)11-8-12-16(17)20-4/h8,11-14,19H,5-7,9-10H2,1-4H3. The minimum Gasteiger partial charge on any atom is -0.496 e. The highest BCUT2D eigenvalue weighted by Crippen LogP contribution is 2.28. The maximum Gasteiger partial charge on any atom is 0.131 e. The Labute approximate surface area is 122 Å². The first kappa shape index (κ1) is 17.0. The lowest BCUT2D eigenvalue weighted by atomic mass is 10.0. The molecule has 0 aliphatic rings. The Morgan fingerprint density at radius 2 is 1.95 bits per heavy atom. The number of halogens is 1. The number of hydrogen-bond donors (Lipinski definition) is 1. The molecule has 0 amide bonds. The summed E-state index contributed by atoms with van der Waals surface area (Å²) >= 11 is 0. The van der Waals surface area contributed by atoms with Crippen molar-refractivity contribution in [2.24, 2.45) is 0 Å². The molecule has 0 spiro atoms. The predicted octanol–water partition coefficient (Wildman–Crippen LogP) is 4.84. The predicted molar refractivity (Wildman–Crippen MR) is 82.7 cm³/mol. The SMILES string of the molecule is CCCCC(CCC)NC(C)c1c(F)cccc1OC. The fraction of sp³-hybridized carbons (Fsp3) is 0.647. The molecule has 0 heterocycles. The second kappa shape index (κ2) is 8.96. The Morgan fingerprint density at radius 1 is 1.20 bits per heavy atom. The van der Waals surface area contributed by atoms with Crippen molar-refractivity contribution in [3.8, 4) is 5.75 Å². The van der Waals surface area contributed by atoms with Crippen molar-refractivity contribution in [3.05, 3.63) is 29.6 Å². The molecule has 20 heavy (non-hydrogen) atoms. The molecule has 0 aliphatic heterocycles. The van der Waals surface area contributed by atoms with Gasteiger partial charge < -0.3 is 10.1 Å². The molecule has 114 valence electrons. The molecule has 2 atom stereocenters. The van der Waals surface area contributed by atoms with Crippen LogP contribution in [0.2, 0.25) is 0 Å². The lowest BCUT2D eigenvalue weighted by Gasteiger charge is -2.25. The molecule has 0 saturated carbocycles. The van der Waals surface area contributed by atoms with Gasteiger partial charge in [0.15, 0.2) is 0 Å². The summed E-state index contributed by atoms with van der Waals surface area (Å²) in [4.78, 5) is 0. The van der Waals surface area contributed by atoms with Crippen LogP contribution in [-0.2, 0) is 0 Å². The van der Waals surface area contributed by atoms with Gasteiger partial charge in [-0.05, 0) is 31.9 Å². The summed E-state index contributed by atoms with van der Waals surface area (Å²) in [7, 11) is 1.59. The van der Waals surface area contributed by atoms with Crippen LogP contribution >= 0.6 is 0 Å². The summed E-state index contributed by atoms with van der Waals surface area (Å²) in [5, 5.41) is 3.56. The maximum atomic E-state index is 14.1. The number of nitrogens with one attached hydrogen (secondary N) is 1. The van der Waals surface area contributed by atoms with Crippen molar-refractivity contribution in [1.29, 1.82) is 0 Å². The van der Waals surface area contributed by atoms with Crippen molar-refractivity contribution in [2.75, 3.05) is 7.11 Å². The van der Waals surface area contributed by atoms with Gasteiger partial charge in [-0.15, -0.1) is 0 Å². The fourth-order valence-corrected chi connectivity index (χ4v) is 2.66. The van der Waals surface area contributed by atoms with Crippen molar-refractivity contribution in [2.45, 2.75) is 65.0 Å². The Kier molecular flexibility index (Phi) is 7.60. The molecule has 2 unspecified atom stereocenters. The highest BCUT2D eigenvalue weighted by atomic mass is 19.1. The number of benzene rings is 1. The van der Waals surface area contributed by atoms with Crippen molar-refractivity contribution >= 4 is 0 Å². The molecule has 0 saturated heterocycles. The van der Waals surface area contributed by atoms with E-state index >= 15 is 0 Å². The molecule has 3 heteroatoms. The first-order valence-corrected chi connectivity index (χ1v) is 7.72. The monoisotopic (exact) mass is 281 g/mol. The van der Waals surface area contributed by atoms with Gasteiger partial charge in [-0.1, -0.05) is 39.2 Å². The summed E-state index contributed by atoms with van der Waals surface area (Å²) in [5.41, 5.74) is 0.632. The van der Waals surface area contributed by atoms with E-state index in [9.17, 15) is 4.39 Å². The van der Waals surface area contributed by atoms with Gasteiger partial charge in [0.05, 0.1) is 7.11 Å². The van der Waals surface area contributed by atoms with Crippen LogP contribution in [0.15, 0.2) is 18.2 Å². The Balaban J connectivity index is 2.79. The number of unbranched alkanes of at least 4 members (excludes halogenated alkanes) is 1. The molecule has 1 N–H and O–H groups in total. The molecule has 1 rings (SSSR count). The van der Waals surface area contributed by atoms with E-state index in [1.165, 1.54) is 18.9 Å². The zero-order valence-corrected chi connectivity index (χ0v) is 13.2. The van der Waals surface area contributed by atoms with Gasteiger partial charge in [-0.3, -0.25) is 0 Å². The maximum absolute atomic E-state index is 14.1. The van der Waals surface area contributed by atoms with Crippen LogP contribution in [0.25, 0.3) is 0 Å². The number of hydrogen-bond acceptors (Lipinski definition) is 2. The highest BCUT2D eigenvalue weighted by molar-refractivity contribution is 5.36. The summed E-state index contributed by atoms with van der Waals surface area (Å²) in [5.74, 6) is 0.422. The van der Waals surface area contributed by atoms with E-state index in [1.807, 2.05) is 13.0 Å². The van der Waals surface area contributed by atoms with Gasteiger partial charge in [-0.2, -0.15) is 0 Å². The van der Waals surface area contributed by atoms with Crippen molar-refractivity contribution in [1.82, 2.24) is 5.32 Å². The molecular weight excluding hydrogens is 253 g/mol. The number of ether oxygens (including phenoxy) is 1. The van der Waals surface area contributed by atoms with Crippen molar-refractivity contribution < 1.29 is 9.13 Å². The lowest BCUT2D eigenvalue weighted by molar-refractivity contribution is 0.365. The van der Waals surface area contributed by atoms with Gasteiger partial charge >= 0.3 is 0 Å². The van der Waals surface area contributed by atoms with E-state index in [0.29, 0.717) is 17.4 Å². The molecule has 1 aromatic carbocycles. The topological polar surface area (TPSA) is 21.3 Å². The molecule has 2 nitrogen and oxygen atoms in total. The molecule has 0 fully saturated rings. The number of rotatable bonds is 9. The Bertz CT molecular complexity index is 395. The second-order valence-corrected chi connectivity index (χ2v) is 5.37. The highest BCUT2D eigenvalue weighted by Gasteiger charge is 2.19. The first-order valence-electron chi connectivity index (χ1n) is 7.72. The van der Waals surface area contributed by atoms with Crippen LogP contribution in [0.4, 0.5) is 4.39 Å². The van der Waals surface area contributed by atoms with E-state index in [4.69, 9.17) is 4.74 Å². The summed E-state index contributed by atoms with van der Waals surface area (Å²) < 4.78 is 19.3. The minimum atomic E-state index is -0.199. The van der Waals surface area contributed by atoms with Crippen LogP contribution in [0.5, 0.6) is 5.75 Å². The zero-order chi connectivity index (χ0) is 15.0. The third kappa shape index (κ3) is 4.78. The van der Waals surface area contributed by atoms with Gasteiger partial charge in [0.25, 0.3) is 0 Å². The Morgan fingerprint density at radius 3 is 2.55 bits per heavy atom. The van der Waals surface area contributed by atoms with E-state index in [0.717, 1.165) is 19.3 Å². The molecule has 0 aromatic heterocycles. The van der Waals surface area contributed by atoms with Crippen LogP contribution in [0.1, 0.15) is 64.5 Å². The Hall–Kier alpha value is -1.09. The minimum absolute atomic E-state index is 0.0421. The molecule has 1 aromatic rings. The molecule has 0 radical (unpaired) electrons. The third-order valence-corrected chi connectivity index (χ3v) is 3.69. The van der Waals surface area contributed by atoms with Crippen molar-refractivity contribution in [3.63, 3.8) is 0 Å². The van der Waals surface area contributed by atoms with E-state index in [-0.39, 0.29) is 11.9 Å². The van der Waals surface area contributed by atoms with E-state index in [1.54, 1.807) is 13.2 Å². The zero-order valence-electron chi connectivity index (χ0n) is 13.2. The van der Waals surface area contributed by atoms with E-state index in [2.05, 4.69) is 19.2 Å². The summed E-state index contributed by atoms with van der Waals surface area (Å²) in [6.07, 6.45) is 5.81. The number of methoxy groups -OCH3 is 1. The summed E-state index contributed by atoms with van der Waals surface area (Å²) in [6, 6.07) is 5.40. The lowest BCUT2D eigenvalue weighted by Crippen LogP contribution is -2.32. The fourth-order valence-electron chi connectivity index (χ4n) is 2.66. The second-order valence-electron chi connectivity index (χ2n) is 5.37. The first-order chi connectivity index (χ1) is 9.63. The van der Waals surface area contributed by atoms with Crippen LogP contribution < -0.4 is 10.1 Å². The summed E-state index contributed by atoms with van der Waals surface area (Å²) in [6.45, 7) is 6.40. The van der Waals surface area contributed by atoms with Gasteiger partial charge in [-0.25, -0.2) is 4.39 Å². The largest absolute Gasteiger partial charge is 0.496 e. The normalized spacial score (nSPS) is 14.1. The van der Waals surface area contributed by atoms with Crippen LogP contribution in [0.3, 0.4) is 0 Å².